The number of ether oxygens (including phenoxy) is 1. The average Bonchev–Trinajstić information content (AvgIpc) is 2.79. The Morgan fingerprint density at radius 2 is 1.23 bits per heavy atom. The van der Waals surface area contributed by atoms with Crippen molar-refractivity contribution in [3.63, 3.8) is 0 Å². The molecule has 166 valence electrons. The molecule has 0 radical (unpaired) electrons. The van der Waals surface area contributed by atoms with E-state index in [1.54, 1.807) is 0 Å². The van der Waals surface area contributed by atoms with Crippen molar-refractivity contribution in [3.05, 3.63) is 90.5 Å². The van der Waals surface area contributed by atoms with Crippen LogP contribution in [-0.4, -0.2) is 25.5 Å². The van der Waals surface area contributed by atoms with Gasteiger partial charge in [-0.3, -0.25) is 0 Å². The molecular weight excluding hydrogens is 397 g/mol. The van der Waals surface area contributed by atoms with E-state index in [0.29, 0.717) is 0 Å². The summed E-state index contributed by atoms with van der Waals surface area (Å²) < 4.78 is 6.49. The van der Waals surface area contributed by atoms with E-state index in [-0.39, 0.29) is 10.8 Å². The maximum absolute atomic E-state index is 6.49. The summed E-state index contributed by atoms with van der Waals surface area (Å²) in [6, 6.07) is 30.7. The number of hydrogen-bond acceptors (Lipinski definition) is 2. The summed E-state index contributed by atoms with van der Waals surface area (Å²) in [6.45, 7) is 12.4. The molecule has 3 aromatic carbocycles. The minimum atomic E-state index is -2.01. The molecule has 0 saturated heterocycles. The zero-order valence-corrected chi connectivity index (χ0v) is 20.9. The van der Waals surface area contributed by atoms with Gasteiger partial charge in [0.1, 0.15) is 0 Å². The molecule has 31 heavy (non-hydrogen) atoms. The topological polar surface area (TPSA) is 21.3 Å². The van der Waals surface area contributed by atoms with Crippen LogP contribution in [0.2, 0.25) is 0 Å². The number of rotatable bonds is 9. The first-order valence-electron chi connectivity index (χ1n) is 11.2. The Morgan fingerprint density at radius 1 is 0.742 bits per heavy atom. The molecule has 0 atom stereocenters. The van der Waals surface area contributed by atoms with Crippen LogP contribution in [-0.2, 0) is 10.3 Å². The Labute approximate surface area is 189 Å². The first-order valence-corrected chi connectivity index (χ1v) is 13.7. The van der Waals surface area contributed by atoms with Gasteiger partial charge in [0.25, 0.3) is 0 Å². The predicted molar refractivity (Wildman–Crippen MR) is 140 cm³/mol. The summed E-state index contributed by atoms with van der Waals surface area (Å²) in [5.74, 6) is 0. The Hall–Kier alpha value is -2.15. The first-order chi connectivity index (χ1) is 14.7. The van der Waals surface area contributed by atoms with Crippen LogP contribution in [0.15, 0.2) is 84.9 Å². The Bertz CT molecular complexity index is 910. The minimum absolute atomic E-state index is 0.127. The van der Waals surface area contributed by atoms with E-state index >= 15 is 0 Å². The molecule has 1 N–H and O–H groups in total. The Kier molecular flexibility index (Phi) is 7.24. The summed E-state index contributed by atoms with van der Waals surface area (Å²) in [6.07, 6.45) is 1.01. The molecule has 0 heterocycles. The second kappa shape index (κ2) is 9.55. The van der Waals surface area contributed by atoms with E-state index in [1.165, 1.54) is 16.2 Å². The zero-order valence-electron chi connectivity index (χ0n) is 19.9. The van der Waals surface area contributed by atoms with Gasteiger partial charge in [0.15, 0.2) is 0 Å². The number of nitrogens with one attached hydrogen (secondary N) is 1. The van der Waals surface area contributed by atoms with E-state index in [9.17, 15) is 0 Å². The van der Waals surface area contributed by atoms with Gasteiger partial charge in [-0.2, -0.15) is 0 Å². The van der Waals surface area contributed by atoms with Crippen molar-refractivity contribution in [3.8, 4) is 0 Å². The van der Waals surface area contributed by atoms with Gasteiger partial charge in [0.2, 0.25) is 0 Å². The van der Waals surface area contributed by atoms with Crippen LogP contribution in [0.1, 0.15) is 39.7 Å². The van der Waals surface area contributed by atoms with E-state index in [1.807, 2.05) is 7.05 Å². The third-order valence-electron chi connectivity index (χ3n) is 7.11. The molecule has 0 aliphatic carbocycles. The molecular formula is C28H38NOP. The molecule has 0 bridgehead atoms. The van der Waals surface area contributed by atoms with Crippen LogP contribution in [0, 0.1) is 0 Å². The summed E-state index contributed by atoms with van der Waals surface area (Å²) >= 11 is 0. The molecule has 3 aromatic rings. The molecule has 0 saturated carbocycles. The van der Waals surface area contributed by atoms with Crippen LogP contribution in [0.25, 0.3) is 0 Å². The van der Waals surface area contributed by atoms with Gasteiger partial charge in [-0.05, 0) is 0 Å². The van der Waals surface area contributed by atoms with Crippen molar-refractivity contribution in [2.75, 3.05) is 25.6 Å². The van der Waals surface area contributed by atoms with Crippen LogP contribution < -0.4 is 15.9 Å². The van der Waals surface area contributed by atoms with Crippen molar-refractivity contribution in [1.29, 1.82) is 0 Å². The molecule has 0 spiro atoms. The average molecular weight is 436 g/mol. The fraction of sp³-hybridized carbons (Fsp3) is 0.357. The van der Waals surface area contributed by atoms with Crippen molar-refractivity contribution >= 4 is 23.6 Å². The molecule has 2 nitrogen and oxygen atoms in total. The van der Waals surface area contributed by atoms with Crippen LogP contribution in [0.3, 0.4) is 0 Å². The molecule has 0 aromatic heterocycles. The molecule has 0 unspecified atom stereocenters. The van der Waals surface area contributed by atoms with E-state index < -0.39 is 7.26 Å². The quantitative estimate of drug-likeness (QED) is 0.405. The SMILES string of the molecule is CNc1ccc(C(C)(C)OCCC(C)(C)[PH](C)(c2ccccc2)c2ccccc2)cc1. The van der Waals surface area contributed by atoms with Crippen molar-refractivity contribution < 1.29 is 4.74 Å². The first kappa shape index (κ1) is 23.5. The van der Waals surface area contributed by atoms with E-state index in [0.717, 1.165) is 18.7 Å². The van der Waals surface area contributed by atoms with Gasteiger partial charge in [0.05, 0.1) is 0 Å². The van der Waals surface area contributed by atoms with Gasteiger partial charge in [-0.25, -0.2) is 0 Å². The van der Waals surface area contributed by atoms with Crippen LogP contribution in [0.5, 0.6) is 0 Å². The number of benzene rings is 3. The molecule has 3 rings (SSSR count). The third kappa shape index (κ3) is 5.03. The Morgan fingerprint density at radius 3 is 1.68 bits per heavy atom. The van der Waals surface area contributed by atoms with Crippen molar-refractivity contribution in [2.45, 2.75) is 44.9 Å². The summed E-state index contributed by atoms with van der Waals surface area (Å²) in [5.41, 5.74) is 2.00. The van der Waals surface area contributed by atoms with Gasteiger partial charge >= 0.3 is 189 Å². The van der Waals surface area contributed by atoms with Gasteiger partial charge < -0.3 is 0 Å². The second-order valence-corrected chi connectivity index (χ2v) is 14.4. The zero-order chi connectivity index (χ0) is 22.5. The Balaban J connectivity index is 1.81. The molecule has 0 fully saturated rings. The summed E-state index contributed by atoms with van der Waals surface area (Å²) in [7, 11) is -0.0620. The van der Waals surface area contributed by atoms with Crippen molar-refractivity contribution in [2.24, 2.45) is 0 Å². The standard InChI is InChI=1S/C28H38NOP/c1-27(2,21-22-30-28(3,4)23-17-19-24(29-5)20-18-23)31(6,25-13-9-7-10-14-25)26-15-11-8-12-16-26/h7-20,29,31H,21-22H2,1-6H3. The molecule has 3 heteroatoms. The van der Waals surface area contributed by atoms with Crippen molar-refractivity contribution in [1.82, 2.24) is 0 Å². The molecule has 0 aliphatic heterocycles. The predicted octanol–water partition coefficient (Wildman–Crippen LogP) is 6.18. The second-order valence-electron chi connectivity index (χ2n) is 9.68. The third-order valence-corrected chi connectivity index (χ3v) is 13.0. The van der Waals surface area contributed by atoms with E-state index in [4.69, 9.17) is 4.74 Å². The summed E-state index contributed by atoms with van der Waals surface area (Å²) in [5, 5.41) is 6.27. The van der Waals surface area contributed by atoms with Crippen LogP contribution >= 0.6 is 7.26 Å². The van der Waals surface area contributed by atoms with E-state index in [2.05, 4.69) is 125 Å². The van der Waals surface area contributed by atoms with Gasteiger partial charge in [-0.1, -0.05) is 0 Å². The van der Waals surface area contributed by atoms with Gasteiger partial charge in [-0.15, -0.1) is 0 Å². The number of anilines is 1. The number of hydrogen-bond donors (Lipinski definition) is 1. The fourth-order valence-electron chi connectivity index (χ4n) is 4.42. The molecule has 0 amide bonds. The maximum atomic E-state index is 6.49. The normalized spacial score (nSPS) is 13.1. The summed E-state index contributed by atoms with van der Waals surface area (Å²) in [4.78, 5) is 0. The fourth-order valence-corrected chi connectivity index (χ4v) is 8.64. The van der Waals surface area contributed by atoms with Gasteiger partial charge in [0, 0.05) is 0 Å². The van der Waals surface area contributed by atoms with Crippen LogP contribution in [0.4, 0.5) is 5.69 Å². The molecule has 0 aliphatic rings. The monoisotopic (exact) mass is 435 g/mol.